The van der Waals surface area contributed by atoms with Crippen molar-refractivity contribution in [2.24, 2.45) is 0 Å². The smallest absolute Gasteiger partial charge is 0.269 e. The highest BCUT2D eigenvalue weighted by molar-refractivity contribution is 5.92. The number of benzene rings is 3. The lowest BCUT2D eigenvalue weighted by atomic mass is 9.98. The number of nitro groups is 1. The Balaban J connectivity index is 1.43. The number of carbonyl (C=O) groups is 1. The van der Waals surface area contributed by atoms with E-state index >= 15 is 0 Å². The minimum absolute atomic E-state index is 0.0427. The molecule has 0 saturated carbocycles. The standard InChI is InChI=1S/C25H23N3O5/c1-3-16(2)17-7-12-23-22(14-17)27-25(33-23)18-5-4-6-19(13-18)26-24(29)15-32-21-10-8-20(9-11-21)28(30)31/h4-14,16H,3,15H2,1-2H3,(H,26,29)/t16-/m1/s1. The van der Waals surface area contributed by atoms with Crippen LogP contribution >= 0.6 is 0 Å². The summed E-state index contributed by atoms with van der Waals surface area (Å²) < 4.78 is 11.3. The van der Waals surface area contributed by atoms with Gasteiger partial charge in [-0.3, -0.25) is 14.9 Å². The Bertz CT molecular complexity index is 1300. The molecule has 1 heterocycles. The van der Waals surface area contributed by atoms with Gasteiger partial charge in [0.1, 0.15) is 11.3 Å². The van der Waals surface area contributed by atoms with Crippen LogP contribution in [0.1, 0.15) is 31.7 Å². The highest BCUT2D eigenvalue weighted by Crippen LogP contribution is 2.29. The molecule has 0 radical (unpaired) electrons. The van der Waals surface area contributed by atoms with E-state index in [1.165, 1.54) is 29.8 Å². The van der Waals surface area contributed by atoms with Gasteiger partial charge in [-0.15, -0.1) is 0 Å². The highest BCUT2D eigenvalue weighted by atomic mass is 16.6. The molecule has 0 aliphatic carbocycles. The number of nitrogens with zero attached hydrogens (tertiary/aromatic N) is 2. The van der Waals surface area contributed by atoms with Gasteiger partial charge in [0.2, 0.25) is 5.89 Å². The largest absolute Gasteiger partial charge is 0.484 e. The van der Waals surface area contributed by atoms with Gasteiger partial charge < -0.3 is 14.5 Å². The van der Waals surface area contributed by atoms with Crippen molar-refractivity contribution in [2.45, 2.75) is 26.2 Å². The van der Waals surface area contributed by atoms with Gasteiger partial charge in [0, 0.05) is 23.4 Å². The number of non-ortho nitro benzene ring substituents is 1. The van der Waals surface area contributed by atoms with E-state index in [-0.39, 0.29) is 18.2 Å². The van der Waals surface area contributed by atoms with Crippen molar-refractivity contribution in [1.82, 2.24) is 4.98 Å². The summed E-state index contributed by atoms with van der Waals surface area (Å²) in [7, 11) is 0. The average Bonchev–Trinajstić information content (AvgIpc) is 3.26. The van der Waals surface area contributed by atoms with Gasteiger partial charge in [0.05, 0.1) is 4.92 Å². The first-order valence-corrected chi connectivity index (χ1v) is 10.6. The number of rotatable bonds is 8. The molecular formula is C25H23N3O5. The topological polar surface area (TPSA) is 108 Å². The summed E-state index contributed by atoms with van der Waals surface area (Å²) in [5.41, 5.74) is 4.01. The molecule has 1 amide bonds. The lowest BCUT2D eigenvalue weighted by molar-refractivity contribution is -0.384. The van der Waals surface area contributed by atoms with Crippen molar-refractivity contribution >= 4 is 28.4 Å². The fraction of sp³-hybridized carbons (Fsp3) is 0.200. The van der Waals surface area contributed by atoms with E-state index in [4.69, 9.17) is 9.15 Å². The quantitative estimate of drug-likeness (QED) is 0.266. The maximum absolute atomic E-state index is 12.3. The summed E-state index contributed by atoms with van der Waals surface area (Å²) in [5.74, 6) is 0.930. The van der Waals surface area contributed by atoms with Crippen molar-refractivity contribution in [3.8, 4) is 17.2 Å². The molecule has 1 atom stereocenters. The zero-order chi connectivity index (χ0) is 23.4. The third kappa shape index (κ3) is 5.17. The number of hydrogen-bond donors (Lipinski definition) is 1. The van der Waals surface area contributed by atoms with Crippen LogP contribution < -0.4 is 10.1 Å². The Labute approximate surface area is 190 Å². The predicted octanol–water partition coefficient (Wildman–Crippen LogP) is 5.93. The number of hydrogen-bond acceptors (Lipinski definition) is 6. The molecule has 8 heteroatoms. The fourth-order valence-corrected chi connectivity index (χ4v) is 3.35. The van der Waals surface area contributed by atoms with Crippen molar-refractivity contribution in [3.63, 3.8) is 0 Å². The minimum Gasteiger partial charge on any atom is -0.484 e. The number of nitro benzene ring substituents is 1. The van der Waals surface area contributed by atoms with E-state index in [1.807, 2.05) is 18.2 Å². The number of aromatic nitrogens is 1. The second-order valence-electron chi connectivity index (χ2n) is 7.72. The molecule has 168 valence electrons. The second-order valence-corrected chi connectivity index (χ2v) is 7.72. The van der Waals surface area contributed by atoms with Crippen molar-refractivity contribution in [3.05, 3.63) is 82.4 Å². The maximum Gasteiger partial charge on any atom is 0.269 e. The third-order valence-corrected chi connectivity index (χ3v) is 5.40. The van der Waals surface area contributed by atoms with Crippen LogP contribution in [0.25, 0.3) is 22.6 Å². The molecule has 0 fully saturated rings. The molecule has 33 heavy (non-hydrogen) atoms. The summed E-state index contributed by atoms with van der Waals surface area (Å²) in [6.45, 7) is 4.10. The first-order chi connectivity index (χ1) is 15.9. The summed E-state index contributed by atoms with van der Waals surface area (Å²) in [6, 6.07) is 18.8. The monoisotopic (exact) mass is 445 g/mol. The number of carbonyl (C=O) groups excluding carboxylic acids is 1. The molecule has 8 nitrogen and oxygen atoms in total. The van der Waals surface area contributed by atoms with Gasteiger partial charge in [0.15, 0.2) is 12.2 Å². The van der Waals surface area contributed by atoms with E-state index in [0.717, 1.165) is 17.5 Å². The van der Waals surface area contributed by atoms with Gasteiger partial charge in [-0.2, -0.15) is 0 Å². The lowest BCUT2D eigenvalue weighted by Crippen LogP contribution is -2.20. The zero-order valence-corrected chi connectivity index (χ0v) is 18.3. The molecule has 4 rings (SSSR count). The molecule has 4 aromatic rings. The van der Waals surface area contributed by atoms with E-state index in [1.54, 1.807) is 12.1 Å². The lowest BCUT2D eigenvalue weighted by Gasteiger charge is -2.08. The molecule has 1 aromatic heterocycles. The second kappa shape index (κ2) is 9.52. The molecule has 0 aliphatic rings. The zero-order valence-electron chi connectivity index (χ0n) is 18.3. The summed E-state index contributed by atoms with van der Waals surface area (Å²) >= 11 is 0. The number of anilines is 1. The van der Waals surface area contributed by atoms with E-state index in [2.05, 4.69) is 36.3 Å². The fourth-order valence-electron chi connectivity index (χ4n) is 3.35. The average molecular weight is 445 g/mol. The summed E-state index contributed by atoms with van der Waals surface area (Å²) in [6.07, 6.45) is 1.05. The SMILES string of the molecule is CC[C@@H](C)c1ccc2oc(-c3cccc(NC(=O)COc4ccc([N+](=O)[O-])cc4)c3)nc2c1. The number of ether oxygens (including phenoxy) is 1. The van der Waals surface area contributed by atoms with Gasteiger partial charge >= 0.3 is 0 Å². The molecule has 0 aliphatic heterocycles. The highest BCUT2D eigenvalue weighted by Gasteiger charge is 2.12. The number of fused-ring (bicyclic) bond motifs is 1. The van der Waals surface area contributed by atoms with Gasteiger partial charge in [-0.25, -0.2) is 4.98 Å². The Hall–Kier alpha value is -4.20. The maximum atomic E-state index is 12.3. The third-order valence-electron chi connectivity index (χ3n) is 5.40. The summed E-state index contributed by atoms with van der Waals surface area (Å²) in [4.78, 5) is 27.1. The van der Waals surface area contributed by atoms with E-state index in [9.17, 15) is 14.9 Å². The predicted molar refractivity (Wildman–Crippen MR) is 125 cm³/mol. The minimum atomic E-state index is -0.495. The van der Waals surface area contributed by atoms with E-state index in [0.29, 0.717) is 28.8 Å². The number of amides is 1. The Morgan fingerprint density at radius 1 is 1.15 bits per heavy atom. The molecule has 0 unspecified atom stereocenters. The van der Waals surface area contributed by atoms with Crippen LogP contribution in [0.5, 0.6) is 5.75 Å². The Morgan fingerprint density at radius 2 is 1.94 bits per heavy atom. The van der Waals surface area contributed by atoms with Gasteiger partial charge in [-0.05, 0) is 60.4 Å². The summed E-state index contributed by atoms with van der Waals surface area (Å²) in [5, 5.41) is 13.5. The van der Waals surface area contributed by atoms with Crippen LogP contribution in [-0.2, 0) is 4.79 Å². The Kier molecular flexibility index (Phi) is 6.35. The van der Waals surface area contributed by atoms with Gasteiger partial charge in [-0.1, -0.05) is 26.0 Å². The van der Waals surface area contributed by atoms with Crippen LogP contribution in [0, 0.1) is 10.1 Å². The van der Waals surface area contributed by atoms with Crippen molar-refractivity contribution in [2.75, 3.05) is 11.9 Å². The molecule has 0 spiro atoms. The van der Waals surface area contributed by atoms with Crippen LogP contribution in [0.2, 0.25) is 0 Å². The normalized spacial score (nSPS) is 11.8. The van der Waals surface area contributed by atoms with Gasteiger partial charge in [0.25, 0.3) is 11.6 Å². The van der Waals surface area contributed by atoms with Crippen LogP contribution in [0.4, 0.5) is 11.4 Å². The molecular weight excluding hydrogens is 422 g/mol. The first-order valence-electron chi connectivity index (χ1n) is 10.6. The van der Waals surface area contributed by atoms with Crippen molar-refractivity contribution in [1.29, 1.82) is 0 Å². The molecule has 0 bridgehead atoms. The van der Waals surface area contributed by atoms with Crippen molar-refractivity contribution < 1.29 is 18.9 Å². The van der Waals surface area contributed by atoms with Crippen LogP contribution in [-0.4, -0.2) is 22.4 Å². The molecule has 1 N–H and O–H groups in total. The van der Waals surface area contributed by atoms with E-state index < -0.39 is 4.92 Å². The molecule has 3 aromatic carbocycles. The Morgan fingerprint density at radius 3 is 2.67 bits per heavy atom. The first kappa shape index (κ1) is 22.0. The number of nitrogens with one attached hydrogen (secondary N) is 1. The molecule has 0 saturated heterocycles. The van der Waals surface area contributed by atoms with Crippen LogP contribution in [0.15, 0.2) is 71.1 Å². The van der Waals surface area contributed by atoms with Crippen LogP contribution in [0.3, 0.4) is 0 Å². The number of oxazole rings is 1.